The van der Waals surface area contributed by atoms with Crippen LogP contribution in [0.2, 0.25) is 0 Å². The molecule has 0 aliphatic carbocycles. The summed E-state index contributed by atoms with van der Waals surface area (Å²) in [5.74, 6) is 0.123. The molecular formula is C17H12BrFO2. The fourth-order valence-electron chi connectivity index (χ4n) is 2.36. The minimum Gasteiger partial charge on any atom is -0.459 e. The van der Waals surface area contributed by atoms with Crippen molar-refractivity contribution in [1.82, 2.24) is 0 Å². The van der Waals surface area contributed by atoms with Crippen LogP contribution >= 0.6 is 15.9 Å². The number of rotatable bonds is 2. The molecule has 2 aromatic carbocycles. The van der Waals surface area contributed by atoms with Crippen LogP contribution in [0.25, 0.3) is 22.1 Å². The number of hydrogen-bond donors (Lipinski definition) is 0. The average Bonchev–Trinajstić information content (AvgIpc) is 2.47. The molecule has 0 N–H and O–H groups in total. The van der Waals surface area contributed by atoms with E-state index in [0.29, 0.717) is 27.9 Å². The van der Waals surface area contributed by atoms with E-state index in [1.807, 2.05) is 13.0 Å². The molecule has 0 fully saturated rings. The molecule has 1 aromatic heterocycles. The molecule has 21 heavy (non-hydrogen) atoms. The van der Waals surface area contributed by atoms with E-state index >= 15 is 0 Å². The predicted octanol–water partition coefficient (Wildman–Crippen LogP) is 5.06. The summed E-state index contributed by atoms with van der Waals surface area (Å²) in [6, 6.07) is 13.1. The van der Waals surface area contributed by atoms with Crippen molar-refractivity contribution in [3.05, 3.63) is 70.3 Å². The molecule has 0 spiro atoms. The maximum Gasteiger partial charge on any atom is 0.200 e. The molecule has 0 amide bonds. The minimum absolute atomic E-state index is 0.149. The van der Waals surface area contributed by atoms with E-state index in [9.17, 15) is 9.18 Å². The fourth-order valence-corrected chi connectivity index (χ4v) is 2.68. The van der Waals surface area contributed by atoms with Crippen molar-refractivity contribution >= 4 is 26.9 Å². The quantitative estimate of drug-likeness (QED) is 0.607. The van der Waals surface area contributed by atoms with Crippen molar-refractivity contribution in [3.63, 3.8) is 0 Å². The lowest BCUT2D eigenvalue weighted by Crippen LogP contribution is -2.09. The Balaban J connectivity index is 2.42. The van der Waals surface area contributed by atoms with Crippen molar-refractivity contribution in [2.24, 2.45) is 0 Å². The highest BCUT2D eigenvalue weighted by Crippen LogP contribution is 2.32. The first kappa shape index (κ1) is 14.0. The summed E-state index contributed by atoms with van der Waals surface area (Å²) in [7, 11) is 0. The molecular weight excluding hydrogens is 335 g/mol. The van der Waals surface area contributed by atoms with Gasteiger partial charge in [-0.05, 0) is 36.8 Å². The molecule has 0 aliphatic rings. The largest absolute Gasteiger partial charge is 0.459 e. The Kier molecular flexibility index (Phi) is 3.64. The van der Waals surface area contributed by atoms with Crippen molar-refractivity contribution in [2.75, 3.05) is 0 Å². The van der Waals surface area contributed by atoms with Crippen molar-refractivity contribution in [3.8, 4) is 11.1 Å². The zero-order chi connectivity index (χ0) is 15.0. The molecule has 0 bridgehead atoms. The summed E-state index contributed by atoms with van der Waals surface area (Å²) in [5, 5.41) is 0.494. The molecule has 1 heterocycles. The van der Waals surface area contributed by atoms with E-state index in [1.165, 1.54) is 12.1 Å². The molecule has 106 valence electrons. The van der Waals surface area contributed by atoms with Crippen molar-refractivity contribution < 1.29 is 8.81 Å². The predicted molar refractivity (Wildman–Crippen MR) is 85.2 cm³/mol. The highest BCUT2D eigenvalue weighted by atomic mass is 79.9. The van der Waals surface area contributed by atoms with E-state index in [2.05, 4.69) is 15.9 Å². The third-order valence-electron chi connectivity index (χ3n) is 3.30. The van der Waals surface area contributed by atoms with Crippen molar-refractivity contribution in [1.29, 1.82) is 0 Å². The van der Waals surface area contributed by atoms with Crippen LogP contribution in [0, 0.1) is 5.82 Å². The Hall–Kier alpha value is -1.94. The highest BCUT2D eigenvalue weighted by Gasteiger charge is 2.19. The maximum atomic E-state index is 13.5. The molecule has 0 aliphatic heterocycles. The van der Waals surface area contributed by atoms with Gasteiger partial charge in [0, 0.05) is 0 Å². The second kappa shape index (κ2) is 5.45. The number of alkyl halides is 1. The van der Waals surface area contributed by atoms with Gasteiger partial charge in [-0.25, -0.2) is 4.39 Å². The van der Waals surface area contributed by atoms with Gasteiger partial charge in [0.1, 0.15) is 17.2 Å². The normalized spacial score (nSPS) is 12.5. The number of hydrogen-bond acceptors (Lipinski definition) is 2. The molecule has 0 unspecified atom stereocenters. The van der Waals surface area contributed by atoms with Crippen LogP contribution < -0.4 is 5.43 Å². The number of halogens is 2. The standard InChI is InChI=1S/C17H12BrFO2/c1-10(18)17-15(11-5-4-6-12(19)9-11)16(20)13-7-2-3-8-14(13)21-17/h2-10H,1H3/t10-/m1/s1. The fraction of sp³-hybridized carbons (Fsp3) is 0.118. The monoisotopic (exact) mass is 346 g/mol. The summed E-state index contributed by atoms with van der Waals surface area (Å²) in [6.45, 7) is 1.87. The highest BCUT2D eigenvalue weighted by molar-refractivity contribution is 9.09. The molecule has 1 atom stereocenters. The lowest BCUT2D eigenvalue weighted by atomic mass is 10.0. The van der Waals surface area contributed by atoms with E-state index < -0.39 is 0 Å². The topological polar surface area (TPSA) is 30.2 Å². The van der Waals surface area contributed by atoms with Gasteiger partial charge in [0.25, 0.3) is 0 Å². The molecule has 3 rings (SSSR count). The molecule has 0 saturated carbocycles. The van der Waals surface area contributed by atoms with Crippen LogP contribution in [0.15, 0.2) is 57.7 Å². The summed E-state index contributed by atoms with van der Waals surface area (Å²) < 4.78 is 19.3. The van der Waals surface area contributed by atoms with Gasteiger partial charge >= 0.3 is 0 Å². The van der Waals surface area contributed by atoms with Crippen LogP contribution in [-0.2, 0) is 0 Å². The van der Waals surface area contributed by atoms with Crippen molar-refractivity contribution in [2.45, 2.75) is 11.8 Å². The molecule has 2 nitrogen and oxygen atoms in total. The maximum absolute atomic E-state index is 13.5. The van der Waals surface area contributed by atoms with Gasteiger partial charge in [-0.3, -0.25) is 4.79 Å². The summed E-state index contributed by atoms with van der Waals surface area (Å²) in [4.78, 5) is 12.6. The summed E-state index contributed by atoms with van der Waals surface area (Å²) >= 11 is 3.44. The minimum atomic E-state index is -0.381. The van der Waals surface area contributed by atoms with Gasteiger partial charge < -0.3 is 4.42 Å². The molecule has 3 aromatic rings. The summed E-state index contributed by atoms with van der Waals surface area (Å²) in [5.41, 5.74) is 1.31. The van der Waals surface area contributed by atoms with Gasteiger partial charge in [-0.2, -0.15) is 0 Å². The lowest BCUT2D eigenvalue weighted by Gasteiger charge is -2.12. The van der Waals surface area contributed by atoms with Gasteiger partial charge in [-0.1, -0.05) is 40.2 Å². The molecule has 0 saturated heterocycles. The van der Waals surface area contributed by atoms with Crippen LogP contribution in [0.3, 0.4) is 0 Å². The zero-order valence-electron chi connectivity index (χ0n) is 11.3. The summed E-state index contributed by atoms with van der Waals surface area (Å²) in [6.07, 6.45) is 0. The number of benzene rings is 2. The Labute approximate surface area is 129 Å². The van der Waals surface area contributed by atoms with E-state index in [1.54, 1.807) is 30.3 Å². The van der Waals surface area contributed by atoms with Gasteiger partial charge in [0.2, 0.25) is 5.43 Å². The third kappa shape index (κ3) is 2.51. The van der Waals surface area contributed by atoms with E-state index in [4.69, 9.17) is 4.42 Å². The Morgan fingerprint density at radius 2 is 1.90 bits per heavy atom. The smallest absolute Gasteiger partial charge is 0.200 e. The molecule has 0 radical (unpaired) electrons. The first-order valence-electron chi connectivity index (χ1n) is 6.53. The Bertz CT molecular complexity index is 868. The van der Waals surface area contributed by atoms with Crippen LogP contribution in [0.5, 0.6) is 0 Å². The van der Waals surface area contributed by atoms with Crippen LogP contribution in [0.1, 0.15) is 17.5 Å². The number of para-hydroxylation sites is 1. The van der Waals surface area contributed by atoms with Crippen LogP contribution in [-0.4, -0.2) is 0 Å². The third-order valence-corrected chi connectivity index (χ3v) is 3.72. The zero-order valence-corrected chi connectivity index (χ0v) is 12.9. The first-order valence-corrected chi connectivity index (χ1v) is 7.45. The second-order valence-corrected chi connectivity index (χ2v) is 6.17. The van der Waals surface area contributed by atoms with Gasteiger partial charge in [0.05, 0.1) is 15.8 Å². The van der Waals surface area contributed by atoms with Gasteiger partial charge in [-0.15, -0.1) is 0 Å². The SMILES string of the molecule is C[C@@H](Br)c1oc2ccccc2c(=O)c1-c1cccc(F)c1. The lowest BCUT2D eigenvalue weighted by molar-refractivity contribution is 0.544. The molecule has 4 heteroatoms. The van der Waals surface area contributed by atoms with E-state index in [0.717, 1.165) is 0 Å². The van der Waals surface area contributed by atoms with E-state index in [-0.39, 0.29) is 16.1 Å². The Morgan fingerprint density at radius 1 is 1.14 bits per heavy atom. The average molecular weight is 347 g/mol. The number of fused-ring (bicyclic) bond motifs is 1. The van der Waals surface area contributed by atoms with Gasteiger partial charge in [0.15, 0.2) is 0 Å². The Morgan fingerprint density at radius 3 is 2.62 bits per heavy atom. The van der Waals surface area contributed by atoms with Crippen LogP contribution in [0.4, 0.5) is 4.39 Å². The second-order valence-electron chi connectivity index (χ2n) is 4.79. The first-order chi connectivity index (χ1) is 10.1.